The molecule has 0 amide bonds. The van der Waals surface area contributed by atoms with Gasteiger partial charge in [-0.25, -0.2) is 0 Å². The van der Waals surface area contributed by atoms with Gasteiger partial charge in [0.2, 0.25) is 0 Å². The number of carboxylic acid groups (broad SMARTS) is 1. The highest BCUT2D eigenvalue weighted by atomic mass is 16.4. The van der Waals surface area contributed by atoms with Crippen molar-refractivity contribution in [2.75, 3.05) is 0 Å². The van der Waals surface area contributed by atoms with E-state index < -0.39 is 11.4 Å². The molecule has 16 heavy (non-hydrogen) atoms. The van der Waals surface area contributed by atoms with Crippen LogP contribution in [0.4, 0.5) is 0 Å². The van der Waals surface area contributed by atoms with Crippen LogP contribution < -0.4 is 0 Å². The molecule has 0 radical (unpaired) electrons. The molecular weight excluding hydrogens is 202 g/mol. The number of carbonyl (C=O) groups is 1. The van der Waals surface area contributed by atoms with Gasteiger partial charge >= 0.3 is 5.97 Å². The SMILES string of the molecule is CC(C)C(C)(CCc1ccccn1)C(=O)O. The minimum atomic E-state index is -0.724. The van der Waals surface area contributed by atoms with Gasteiger partial charge in [0.25, 0.3) is 0 Å². The monoisotopic (exact) mass is 221 g/mol. The van der Waals surface area contributed by atoms with Crippen molar-refractivity contribution in [3.63, 3.8) is 0 Å². The first-order chi connectivity index (χ1) is 7.47. The van der Waals surface area contributed by atoms with E-state index in [1.165, 1.54) is 0 Å². The van der Waals surface area contributed by atoms with Gasteiger partial charge in [-0.05, 0) is 37.8 Å². The number of aliphatic carboxylic acids is 1. The minimum absolute atomic E-state index is 0.119. The summed E-state index contributed by atoms with van der Waals surface area (Å²) in [6, 6.07) is 5.72. The average Bonchev–Trinajstić information content (AvgIpc) is 2.26. The Hall–Kier alpha value is -1.38. The van der Waals surface area contributed by atoms with Crippen LogP contribution in [0.5, 0.6) is 0 Å². The third-order valence-corrected chi connectivity index (χ3v) is 3.39. The largest absolute Gasteiger partial charge is 0.481 e. The number of nitrogens with zero attached hydrogens (tertiary/aromatic N) is 1. The number of aromatic nitrogens is 1. The molecule has 1 atom stereocenters. The summed E-state index contributed by atoms with van der Waals surface area (Å²) >= 11 is 0. The van der Waals surface area contributed by atoms with Crippen LogP contribution in [0.25, 0.3) is 0 Å². The number of carboxylic acids is 1. The lowest BCUT2D eigenvalue weighted by molar-refractivity contribution is -0.151. The second-order valence-electron chi connectivity index (χ2n) is 4.70. The lowest BCUT2D eigenvalue weighted by Gasteiger charge is -2.28. The molecule has 0 spiro atoms. The van der Waals surface area contributed by atoms with E-state index >= 15 is 0 Å². The molecule has 1 heterocycles. The van der Waals surface area contributed by atoms with E-state index in [1.807, 2.05) is 39.0 Å². The first-order valence-electron chi connectivity index (χ1n) is 5.60. The van der Waals surface area contributed by atoms with E-state index in [-0.39, 0.29) is 5.92 Å². The molecule has 0 fully saturated rings. The zero-order valence-electron chi connectivity index (χ0n) is 10.1. The van der Waals surface area contributed by atoms with Gasteiger partial charge < -0.3 is 5.11 Å². The maximum Gasteiger partial charge on any atom is 0.309 e. The molecule has 0 aliphatic heterocycles. The predicted octanol–water partition coefficient (Wildman–Crippen LogP) is 2.76. The molecule has 1 rings (SSSR count). The summed E-state index contributed by atoms with van der Waals surface area (Å²) in [5.41, 5.74) is 0.285. The third-order valence-electron chi connectivity index (χ3n) is 3.39. The van der Waals surface area contributed by atoms with Crippen molar-refractivity contribution in [3.8, 4) is 0 Å². The van der Waals surface area contributed by atoms with Gasteiger partial charge in [-0.1, -0.05) is 19.9 Å². The summed E-state index contributed by atoms with van der Waals surface area (Å²) in [5.74, 6) is -0.604. The molecule has 3 nitrogen and oxygen atoms in total. The zero-order valence-corrected chi connectivity index (χ0v) is 10.1. The maximum atomic E-state index is 11.3. The number of hydrogen-bond donors (Lipinski definition) is 1. The Labute approximate surface area is 96.5 Å². The second-order valence-corrected chi connectivity index (χ2v) is 4.70. The Morgan fingerprint density at radius 1 is 1.50 bits per heavy atom. The van der Waals surface area contributed by atoms with E-state index in [2.05, 4.69) is 4.98 Å². The van der Waals surface area contributed by atoms with Crippen LogP contribution in [-0.2, 0) is 11.2 Å². The molecule has 1 unspecified atom stereocenters. The van der Waals surface area contributed by atoms with Gasteiger partial charge in [0.05, 0.1) is 5.41 Å². The average molecular weight is 221 g/mol. The quantitative estimate of drug-likeness (QED) is 0.831. The van der Waals surface area contributed by atoms with Gasteiger partial charge in [-0.15, -0.1) is 0 Å². The molecule has 3 heteroatoms. The van der Waals surface area contributed by atoms with Crippen LogP contribution in [0.3, 0.4) is 0 Å². The van der Waals surface area contributed by atoms with E-state index in [1.54, 1.807) is 6.20 Å². The number of aryl methyl sites for hydroxylation is 1. The van der Waals surface area contributed by atoms with Crippen molar-refractivity contribution in [1.29, 1.82) is 0 Å². The molecule has 0 aliphatic rings. The van der Waals surface area contributed by atoms with E-state index in [0.29, 0.717) is 12.8 Å². The highest BCUT2D eigenvalue weighted by Crippen LogP contribution is 2.32. The summed E-state index contributed by atoms with van der Waals surface area (Å²) in [6.07, 6.45) is 3.07. The molecule has 1 aromatic rings. The van der Waals surface area contributed by atoms with E-state index in [0.717, 1.165) is 5.69 Å². The first kappa shape index (κ1) is 12.7. The summed E-state index contributed by atoms with van der Waals surface area (Å²) < 4.78 is 0. The normalized spacial score (nSPS) is 14.8. The predicted molar refractivity (Wildman–Crippen MR) is 63.1 cm³/mol. The van der Waals surface area contributed by atoms with Crippen LogP contribution in [0.15, 0.2) is 24.4 Å². The molecule has 0 bridgehead atoms. The summed E-state index contributed by atoms with van der Waals surface area (Å²) in [4.78, 5) is 15.5. The van der Waals surface area contributed by atoms with Gasteiger partial charge in [0.1, 0.15) is 0 Å². The van der Waals surface area contributed by atoms with Crippen LogP contribution in [0, 0.1) is 11.3 Å². The topological polar surface area (TPSA) is 50.2 Å². The molecular formula is C13H19NO2. The molecule has 0 saturated heterocycles. The van der Waals surface area contributed by atoms with Crippen LogP contribution in [0.1, 0.15) is 32.9 Å². The number of rotatable bonds is 5. The molecule has 1 N–H and O–H groups in total. The highest BCUT2D eigenvalue weighted by molar-refractivity contribution is 5.74. The second kappa shape index (κ2) is 5.10. The lowest BCUT2D eigenvalue weighted by Crippen LogP contribution is -2.33. The van der Waals surface area contributed by atoms with Crippen LogP contribution in [-0.4, -0.2) is 16.1 Å². The fraction of sp³-hybridized carbons (Fsp3) is 0.538. The van der Waals surface area contributed by atoms with Gasteiger partial charge in [0.15, 0.2) is 0 Å². The summed E-state index contributed by atoms with van der Waals surface area (Å²) in [6.45, 7) is 5.71. The first-order valence-corrected chi connectivity index (χ1v) is 5.60. The molecule has 88 valence electrons. The van der Waals surface area contributed by atoms with Crippen molar-refractivity contribution in [2.45, 2.75) is 33.6 Å². The van der Waals surface area contributed by atoms with Crippen molar-refractivity contribution in [2.24, 2.45) is 11.3 Å². The Balaban J connectivity index is 2.69. The van der Waals surface area contributed by atoms with Gasteiger partial charge in [-0.2, -0.15) is 0 Å². The molecule has 1 aromatic heterocycles. The minimum Gasteiger partial charge on any atom is -0.481 e. The van der Waals surface area contributed by atoms with Crippen molar-refractivity contribution >= 4 is 5.97 Å². The van der Waals surface area contributed by atoms with Crippen LogP contribution >= 0.6 is 0 Å². The Bertz CT molecular complexity index is 348. The Morgan fingerprint density at radius 3 is 2.62 bits per heavy atom. The molecule has 0 aromatic carbocycles. The van der Waals surface area contributed by atoms with Gasteiger partial charge in [-0.3, -0.25) is 9.78 Å². The fourth-order valence-corrected chi connectivity index (χ4v) is 1.58. The molecule has 0 saturated carbocycles. The smallest absolute Gasteiger partial charge is 0.309 e. The summed E-state index contributed by atoms with van der Waals surface area (Å²) in [5, 5.41) is 9.26. The maximum absolute atomic E-state index is 11.3. The van der Waals surface area contributed by atoms with E-state index in [4.69, 9.17) is 0 Å². The van der Waals surface area contributed by atoms with Crippen molar-refractivity contribution < 1.29 is 9.90 Å². The van der Waals surface area contributed by atoms with Crippen molar-refractivity contribution in [3.05, 3.63) is 30.1 Å². The van der Waals surface area contributed by atoms with E-state index in [9.17, 15) is 9.90 Å². The standard InChI is InChI=1S/C13H19NO2/c1-10(2)13(3,12(15)16)8-7-11-6-4-5-9-14-11/h4-6,9-10H,7-8H2,1-3H3,(H,15,16). The lowest BCUT2D eigenvalue weighted by atomic mass is 9.75. The number of pyridine rings is 1. The Kier molecular flexibility index (Phi) is 4.05. The zero-order chi connectivity index (χ0) is 12.2. The summed E-state index contributed by atoms with van der Waals surface area (Å²) in [7, 11) is 0. The molecule has 0 aliphatic carbocycles. The number of hydrogen-bond acceptors (Lipinski definition) is 2. The highest BCUT2D eigenvalue weighted by Gasteiger charge is 2.36. The fourth-order valence-electron chi connectivity index (χ4n) is 1.58. The van der Waals surface area contributed by atoms with Crippen molar-refractivity contribution in [1.82, 2.24) is 4.98 Å². The van der Waals surface area contributed by atoms with Gasteiger partial charge in [0, 0.05) is 11.9 Å². The Morgan fingerprint density at radius 2 is 2.19 bits per heavy atom. The third kappa shape index (κ3) is 2.81. The van der Waals surface area contributed by atoms with Crippen LogP contribution in [0.2, 0.25) is 0 Å².